The van der Waals surface area contributed by atoms with E-state index < -0.39 is 6.17 Å². The lowest BCUT2D eigenvalue weighted by Gasteiger charge is -2.27. The van der Waals surface area contributed by atoms with Crippen LogP contribution in [0, 0.1) is 3.95 Å². The number of methoxy groups -OCH3 is 1. The summed E-state index contributed by atoms with van der Waals surface area (Å²) in [6, 6.07) is 20.5. The first-order valence-electron chi connectivity index (χ1n) is 10.6. The number of ether oxygens (including phenoxy) is 2. The highest BCUT2D eigenvalue weighted by atomic mass is 35.5. The van der Waals surface area contributed by atoms with Gasteiger partial charge in [-0.05, 0) is 54.2 Å². The summed E-state index contributed by atoms with van der Waals surface area (Å²) in [5.41, 5.74) is 2.49. The molecule has 1 amide bonds. The lowest BCUT2D eigenvalue weighted by Crippen LogP contribution is -2.38. The van der Waals surface area contributed by atoms with E-state index in [1.807, 2.05) is 53.1 Å². The molecular weight excluding hydrogens is 525 g/mol. The minimum atomic E-state index is -0.484. The van der Waals surface area contributed by atoms with E-state index in [0.717, 1.165) is 16.8 Å². The van der Waals surface area contributed by atoms with Gasteiger partial charge in [0.15, 0.2) is 15.5 Å². The number of nitrogens with one attached hydrogen (secondary N) is 2. The molecular formula is C25H19Cl2N3O3S2. The molecule has 35 heavy (non-hydrogen) atoms. The summed E-state index contributed by atoms with van der Waals surface area (Å²) in [4.78, 5) is 13.5. The third kappa shape index (κ3) is 4.75. The monoisotopic (exact) mass is 543 g/mol. The van der Waals surface area contributed by atoms with E-state index in [0.29, 0.717) is 36.2 Å². The molecule has 2 N–H and O–H groups in total. The van der Waals surface area contributed by atoms with Gasteiger partial charge in [-0.2, -0.15) is 0 Å². The van der Waals surface area contributed by atoms with Gasteiger partial charge in [0.25, 0.3) is 5.91 Å². The number of hydrogen-bond acceptors (Lipinski definition) is 6. The number of nitrogens with zero attached hydrogens (tertiary/aromatic N) is 1. The van der Waals surface area contributed by atoms with Crippen molar-refractivity contribution in [3.8, 4) is 17.2 Å². The number of rotatable bonds is 6. The van der Waals surface area contributed by atoms with Gasteiger partial charge < -0.3 is 20.1 Å². The van der Waals surface area contributed by atoms with E-state index >= 15 is 0 Å². The second-order valence-corrected chi connectivity index (χ2v) is 10.2. The van der Waals surface area contributed by atoms with Gasteiger partial charge in [0.1, 0.15) is 23.5 Å². The van der Waals surface area contributed by atoms with Crippen LogP contribution in [0.5, 0.6) is 11.5 Å². The molecule has 3 aromatic carbocycles. The average Bonchev–Trinajstić information content (AvgIpc) is 3.20. The minimum Gasteiger partial charge on any atom is -0.493 e. The summed E-state index contributed by atoms with van der Waals surface area (Å²) in [7, 11) is 1.57. The van der Waals surface area contributed by atoms with Crippen LogP contribution in [-0.2, 0) is 6.61 Å². The first-order chi connectivity index (χ1) is 16.9. The molecule has 2 heterocycles. The zero-order chi connectivity index (χ0) is 24.5. The van der Waals surface area contributed by atoms with Gasteiger partial charge in [-0.1, -0.05) is 64.9 Å². The fourth-order valence-corrected chi connectivity index (χ4v) is 5.55. The molecule has 178 valence electrons. The van der Waals surface area contributed by atoms with Crippen LogP contribution < -0.4 is 20.1 Å². The van der Waals surface area contributed by atoms with Gasteiger partial charge in [-0.3, -0.25) is 9.36 Å². The number of amides is 1. The lowest BCUT2D eigenvalue weighted by molar-refractivity contribution is 0.0939. The number of benzene rings is 3. The van der Waals surface area contributed by atoms with E-state index in [1.54, 1.807) is 25.3 Å². The smallest absolute Gasteiger partial charge is 0.267 e. The fourth-order valence-electron chi connectivity index (χ4n) is 3.78. The molecule has 0 radical (unpaired) electrons. The van der Waals surface area contributed by atoms with Crippen LogP contribution in [0.3, 0.4) is 0 Å². The molecule has 0 spiro atoms. The van der Waals surface area contributed by atoms with Crippen LogP contribution in [0.25, 0.3) is 5.69 Å². The highest BCUT2D eigenvalue weighted by Crippen LogP contribution is 2.37. The van der Waals surface area contributed by atoms with Gasteiger partial charge >= 0.3 is 0 Å². The van der Waals surface area contributed by atoms with Gasteiger partial charge in [0.05, 0.1) is 7.11 Å². The Bertz CT molecular complexity index is 1470. The Balaban J connectivity index is 1.41. The summed E-state index contributed by atoms with van der Waals surface area (Å²) in [6.07, 6.45) is -0.484. The van der Waals surface area contributed by atoms with Crippen molar-refractivity contribution >= 4 is 58.5 Å². The molecule has 0 bridgehead atoms. The number of carbonyl (C=O) groups excluding carboxylic acids is 1. The highest BCUT2D eigenvalue weighted by molar-refractivity contribution is 7.73. The maximum atomic E-state index is 12.9. The second-order valence-electron chi connectivity index (χ2n) is 7.70. The first kappa shape index (κ1) is 23.7. The Morgan fingerprint density at radius 3 is 2.57 bits per heavy atom. The molecule has 1 aliphatic rings. The van der Waals surface area contributed by atoms with Crippen LogP contribution in [0.15, 0.2) is 66.7 Å². The normalized spacial score (nSPS) is 14.6. The number of carbonyl (C=O) groups is 1. The van der Waals surface area contributed by atoms with Crippen LogP contribution in [0.4, 0.5) is 5.82 Å². The van der Waals surface area contributed by atoms with E-state index in [4.69, 9.17) is 44.9 Å². The van der Waals surface area contributed by atoms with Crippen molar-refractivity contribution in [1.82, 2.24) is 9.88 Å². The number of anilines is 1. The molecule has 0 saturated carbocycles. The molecule has 4 aromatic rings. The van der Waals surface area contributed by atoms with Crippen molar-refractivity contribution in [2.75, 3.05) is 12.4 Å². The van der Waals surface area contributed by atoms with Crippen molar-refractivity contribution in [2.24, 2.45) is 0 Å². The van der Waals surface area contributed by atoms with E-state index in [1.165, 1.54) is 11.3 Å². The number of para-hydroxylation sites is 1. The zero-order valence-electron chi connectivity index (χ0n) is 18.4. The summed E-state index contributed by atoms with van der Waals surface area (Å²) in [6.45, 7) is 0.251. The van der Waals surface area contributed by atoms with Crippen LogP contribution in [0.1, 0.15) is 27.0 Å². The summed E-state index contributed by atoms with van der Waals surface area (Å²) >= 11 is 19.1. The zero-order valence-corrected chi connectivity index (χ0v) is 21.5. The summed E-state index contributed by atoms with van der Waals surface area (Å²) < 4.78 is 14.0. The number of aromatic nitrogens is 1. The van der Waals surface area contributed by atoms with Gasteiger partial charge in [-0.25, -0.2) is 0 Å². The largest absolute Gasteiger partial charge is 0.493 e. The molecule has 10 heteroatoms. The minimum absolute atomic E-state index is 0.189. The first-order valence-corrected chi connectivity index (χ1v) is 12.6. The highest BCUT2D eigenvalue weighted by Gasteiger charge is 2.30. The quantitative estimate of drug-likeness (QED) is 0.256. The van der Waals surface area contributed by atoms with Crippen molar-refractivity contribution < 1.29 is 14.3 Å². The molecule has 0 saturated heterocycles. The SMILES string of the molecule is COc1cc(C2NC(=O)c3sc(=S)n(-c4ccccc4)c3N2)ccc1OCc1ccc(Cl)cc1Cl. The number of hydrogen-bond donors (Lipinski definition) is 2. The molecule has 1 atom stereocenters. The van der Waals surface area contributed by atoms with E-state index in [2.05, 4.69) is 10.6 Å². The Hall–Kier alpha value is -3.04. The second kappa shape index (κ2) is 9.91. The van der Waals surface area contributed by atoms with Crippen molar-refractivity contribution in [3.63, 3.8) is 0 Å². The molecule has 1 aromatic heterocycles. The Labute approximate surface area is 221 Å². The third-order valence-electron chi connectivity index (χ3n) is 5.51. The molecule has 1 unspecified atom stereocenters. The maximum absolute atomic E-state index is 12.9. The van der Waals surface area contributed by atoms with E-state index in [-0.39, 0.29) is 12.5 Å². The number of fused-ring (bicyclic) bond motifs is 1. The Morgan fingerprint density at radius 2 is 1.83 bits per heavy atom. The van der Waals surface area contributed by atoms with Gasteiger partial charge in [0, 0.05) is 21.3 Å². The van der Waals surface area contributed by atoms with Crippen molar-refractivity contribution in [1.29, 1.82) is 0 Å². The topological polar surface area (TPSA) is 64.5 Å². The molecule has 1 aliphatic heterocycles. The van der Waals surface area contributed by atoms with Gasteiger partial charge in [0.2, 0.25) is 0 Å². The predicted octanol–water partition coefficient (Wildman–Crippen LogP) is 7.02. The standard InChI is InChI=1S/C25H19Cl2N3O3S2/c1-32-20-11-14(8-10-19(20)33-13-15-7-9-16(26)12-18(15)27)22-28-23-21(24(31)29-22)35-25(34)30(23)17-5-3-2-4-6-17/h2-12,22,28H,13H2,1H3,(H,29,31). The van der Waals surface area contributed by atoms with Crippen LogP contribution >= 0.6 is 46.8 Å². The number of halogens is 2. The Kier molecular flexibility index (Phi) is 6.71. The van der Waals surface area contributed by atoms with Gasteiger partial charge in [-0.15, -0.1) is 0 Å². The van der Waals surface area contributed by atoms with Crippen LogP contribution in [0.2, 0.25) is 10.0 Å². The molecule has 0 fully saturated rings. The average molecular weight is 544 g/mol. The van der Waals surface area contributed by atoms with Crippen molar-refractivity contribution in [2.45, 2.75) is 12.8 Å². The number of thiazole rings is 1. The third-order valence-corrected chi connectivity index (χ3v) is 7.47. The lowest BCUT2D eigenvalue weighted by atomic mass is 10.1. The summed E-state index contributed by atoms with van der Waals surface area (Å²) in [5.74, 6) is 1.55. The van der Waals surface area contributed by atoms with Crippen molar-refractivity contribution in [3.05, 3.63) is 96.7 Å². The Morgan fingerprint density at radius 1 is 1.03 bits per heavy atom. The summed E-state index contributed by atoms with van der Waals surface area (Å²) in [5, 5.41) is 7.51. The molecule has 6 nitrogen and oxygen atoms in total. The predicted molar refractivity (Wildman–Crippen MR) is 142 cm³/mol. The maximum Gasteiger partial charge on any atom is 0.267 e. The van der Waals surface area contributed by atoms with E-state index in [9.17, 15) is 4.79 Å². The van der Waals surface area contributed by atoms with Crippen LogP contribution in [-0.4, -0.2) is 17.6 Å². The molecule has 5 rings (SSSR count). The fraction of sp³-hybridized carbons (Fsp3) is 0.120. The molecule has 0 aliphatic carbocycles.